The first kappa shape index (κ1) is 23.1. The highest BCUT2D eigenvalue weighted by Crippen LogP contribution is 2.35. The van der Waals surface area contributed by atoms with Gasteiger partial charge in [0.05, 0.1) is 19.8 Å². The maximum absolute atomic E-state index is 13.2. The Hall–Kier alpha value is -2.57. The van der Waals surface area contributed by atoms with E-state index in [1.54, 1.807) is 14.0 Å². The first-order valence-corrected chi connectivity index (χ1v) is 11.4. The second-order valence-corrected chi connectivity index (χ2v) is 8.32. The normalized spacial score (nSPS) is 22.5. The number of hydrogen-bond donors (Lipinski definition) is 1. The minimum absolute atomic E-state index is 0.0711. The SMILES string of the molecule is CCCOc1ccc(C2NC(=O)N=C(C)C2C(=O)OC2CCCCCCC2)cc1OC. The first-order chi connectivity index (χ1) is 15.0. The summed E-state index contributed by atoms with van der Waals surface area (Å²) in [5, 5.41) is 2.84. The van der Waals surface area contributed by atoms with Gasteiger partial charge in [0.25, 0.3) is 0 Å². The Morgan fingerprint density at radius 1 is 1.13 bits per heavy atom. The molecule has 1 aliphatic heterocycles. The van der Waals surface area contributed by atoms with Crippen molar-refractivity contribution in [3.05, 3.63) is 23.8 Å². The van der Waals surface area contributed by atoms with Crippen LogP contribution in [0.25, 0.3) is 0 Å². The third-order valence-electron chi connectivity index (χ3n) is 5.94. The van der Waals surface area contributed by atoms with Gasteiger partial charge >= 0.3 is 12.0 Å². The number of amides is 2. The summed E-state index contributed by atoms with van der Waals surface area (Å²) >= 11 is 0. The largest absolute Gasteiger partial charge is 0.493 e. The zero-order valence-electron chi connectivity index (χ0n) is 18.8. The average molecular weight is 431 g/mol. The zero-order chi connectivity index (χ0) is 22.2. The third-order valence-corrected chi connectivity index (χ3v) is 5.94. The number of aliphatic imine (C=N–C) groups is 1. The topological polar surface area (TPSA) is 86.2 Å². The Morgan fingerprint density at radius 3 is 2.52 bits per heavy atom. The highest BCUT2D eigenvalue weighted by molar-refractivity contribution is 6.08. The predicted octanol–water partition coefficient (Wildman–Crippen LogP) is 4.98. The van der Waals surface area contributed by atoms with Crippen LogP contribution in [0.5, 0.6) is 11.5 Å². The molecular weight excluding hydrogens is 396 g/mol. The summed E-state index contributed by atoms with van der Waals surface area (Å²) < 4.78 is 17.1. The lowest BCUT2D eigenvalue weighted by molar-refractivity contribution is -0.153. The van der Waals surface area contributed by atoms with Gasteiger partial charge in [-0.05, 0) is 56.7 Å². The Morgan fingerprint density at radius 2 is 1.84 bits per heavy atom. The number of methoxy groups -OCH3 is 1. The number of carbonyl (C=O) groups is 2. The number of rotatable bonds is 7. The molecule has 0 radical (unpaired) electrons. The van der Waals surface area contributed by atoms with Crippen LogP contribution in [0.3, 0.4) is 0 Å². The molecule has 31 heavy (non-hydrogen) atoms. The number of nitrogens with zero attached hydrogens (tertiary/aromatic N) is 1. The van der Waals surface area contributed by atoms with Crippen LogP contribution in [0.2, 0.25) is 0 Å². The van der Waals surface area contributed by atoms with Gasteiger partial charge in [0.2, 0.25) is 0 Å². The average Bonchev–Trinajstić information content (AvgIpc) is 2.73. The first-order valence-electron chi connectivity index (χ1n) is 11.4. The van der Waals surface area contributed by atoms with E-state index in [2.05, 4.69) is 10.3 Å². The fourth-order valence-corrected chi connectivity index (χ4v) is 4.28. The van der Waals surface area contributed by atoms with Crippen molar-refractivity contribution in [2.45, 2.75) is 77.4 Å². The molecule has 2 atom stereocenters. The fraction of sp³-hybridized carbons (Fsp3) is 0.625. The van der Waals surface area contributed by atoms with E-state index < -0.39 is 18.0 Å². The molecule has 2 amide bonds. The molecular formula is C24H34N2O5. The van der Waals surface area contributed by atoms with Gasteiger partial charge in [0.1, 0.15) is 12.0 Å². The van der Waals surface area contributed by atoms with Gasteiger partial charge < -0.3 is 19.5 Å². The van der Waals surface area contributed by atoms with Gasteiger partial charge in [-0.3, -0.25) is 4.79 Å². The maximum Gasteiger partial charge on any atom is 0.341 e. The molecule has 2 unspecified atom stereocenters. The molecule has 1 aliphatic carbocycles. The summed E-state index contributed by atoms with van der Waals surface area (Å²) in [6.45, 7) is 4.33. The van der Waals surface area contributed by atoms with E-state index in [0.717, 1.165) is 37.7 Å². The number of benzene rings is 1. The standard InChI is InChI=1S/C24H34N2O5/c1-4-14-30-19-13-12-17(15-20(19)29-3)22-21(16(2)25-24(28)26-22)23(27)31-18-10-8-6-5-7-9-11-18/h12-13,15,18,21-22H,4-11,14H2,1-3H3,(H,26,28). The molecule has 7 heteroatoms. The molecule has 1 heterocycles. The molecule has 0 bridgehead atoms. The number of carbonyl (C=O) groups excluding carboxylic acids is 2. The zero-order valence-corrected chi connectivity index (χ0v) is 18.8. The van der Waals surface area contributed by atoms with Crippen LogP contribution in [-0.2, 0) is 9.53 Å². The second-order valence-electron chi connectivity index (χ2n) is 8.32. The second kappa shape index (κ2) is 11.2. The van der Waals surface area contributed by atoms with Crippen LogP contribution in [0, 0.1) is 5.92 Å². The van der Waals surface area contributed by atoms with Crippen molar-refractivity contribution < 1.29 is 23.8 Å². The van der Waals surface area contributed by atoms with Crippen molar-refractivity contribution in [2.24, 2.45) is 10.9 Å². The summed E-state index contributed by atoms with van der Waals surface area (Å²) in [4.78, 5) is 29.4. The summed E-state index contributed by atoms with van der Waals surface area (Å²) in [6.07, 6.45) is 8.37. The summed E-state index contributed by atoms with van der Waals surface area (Å²) in [5.41, 5.74) is 1.22. The number of hydrogen-bond acceptors (Lipinski definition) is 5. The van der Waals surface area contributed by atoms with Gasteiger partial charge in [0, 0.05) is 5.71 Å². The van der Waals surface area contributed by atoms with Crippen LogP contribution in [0.1, 0.15) is 76.8 Å². The van der Waals surface area contributed by atoms with Gasteiger partial charge in [0.15, 0.2) is 11.5 Å². The van der Waals surface area contributed by atoms with Crippen molar-refractivity contribution in [3.8, 4) is 11.5 Å². The van der Waals surface area contributed by atoms with E-state index in [1.807, 2.05) is 25.1 Å². The quantitative estimate of drug-likeness (QED) is 0.617. The molecule has 1 N–H and O–H groups in total. The monoisotopic (exact) mass is 430 g/mol. The minimum atomic E-state index is -0.671. The van der Waals surface area contributed by atoms with Crippen LogP contribution >= 0.6 is 0 Å². The molecule has 0 saturated heterocycles. The van der Waals surface area contributed by atoms with Gasteiger partial charge in [-0.25, -0.2) is 9.79 Å². The van der Waals surface area contributed by atoms with E-state index in [4.69, 9.17) is 14.2 Å². The lowest BCUT2D eigenvalue weighted by Crippen LogP contribution is -2.45. The summed E-state index contributed by atoms with van der Waals surface area (Å²) in [7, 11) is 1.57. The number of urea groups is 1. The molecule has 170 valence electrons. The molecule has 1 saturated carbocycles. The van der Waals surface area contributed by atoms with Gasteiger partial charge in [-0.1, -0.05) is 32.3 Å². The smallest absolute Gasteiger partial charge is 0.341 e. The Labute approximate surface area is 184 Å². The Bertz CT molecular complexity index is 799. The molecule has 1 aromatic rings. The van der Waals surface area contributed by atoms with Crippen LogP contribution in [0.4, 0.5) is 4.79 Å². The number of ether oxygens (including phenoxy) is 3. The van der Waals surface area contributed by atoms with Crippen molar-refractivity contribution in [1.29, 1.82) is 0 Å². The highest BCUT2D eigenvalue weighted by Gasteiger charge is 2.39. The van der Waals surface area contributed by atoms with E-state index in [0.29, 0.717) is 23.8 Å². The third kappa shape index (κ3) is 5.99. The highest BCUT2D eigenvalue weighted by atomic mass is 16.5. The van der Waals surface area contributed by atoms with Gasteiger partial charge in [-0.2, -0.15) is 0 Å². The molecule has 1 aromatic carbocycles. The van der Waals surface area contributed by atoms with Crippen LogP contribution in [0.15, 0.2) is 23.2 Å². The fourth-order valence-electron chi connectivity index (χ4n) is 4.28. The predicted molar refractivity (Wildman–Crippen MR) is 119 cm³/mol. The van der Waals surface area contributed by atoms with Crippen molar-refractivity contribution in [1.82, 2.24) is 5.32 Å². The molecule has 7 nitrogen and oxygen atoms in total. The molecule has 2 aliphatic rings. The van der Waals surface area contributed by atoms with E-state index in [1.165, 1.54) is 19.3 Å². The summed E-state index contributed by atoms with van der Waals surface area (Å²) in [5.74, 6) is 0.194. The van der Waals surface area contributed by atoms with E-state index >= 15 is 0 Å². The number of nitrogens with one attached hydrogen (secondary N) is 1. The molecule has 0 spiro atoms. The summed E-state index contributed by atoms with van der Waals surface area (Å²) in [6, 6.07) is 4.45. The Kier molecular flexibility index (Phi) is 8.32. The van der Waals surface area contributed by atoms with E-state index in [9.17, 15) is 9.59 Å². The van der Waals surface area contributed by atoms with Crippen LogP contribution in [-0.4, -0.2) is 37.5 Å². The van der Waals surface area contributed by atoms with Crippen molar-refractivity contribution in [3.63, 3.8) is 0 Å². The maximum atomic E-state index is 13.2. The molecule has 1 fully saturated rings. The van der Waals surface area contributed by atoms with Crippen LogP contribution < -0.4 is 14.8 Å². The lowest BCUT2D eigenvalue weighted by atomic mass is 9.88. The minimum Gasteiger partial charge on any atom is -0.493 e. The lowest BCUT2D eigenvalue weighted by Gasteiger charge is -2.31. The van der Waals surface area contributed by atoms with E-state index in [-0.39, 0.29) is 12.1 Å². The molecule has 0 aromatic heterocycles. The molecule has 3 rings (SSSR count). The van der Waals surface area contributed by atoms with Crippen molar-refractivity contribution >= 4 is 17.7 Å². The number of esters is 1. The Balaban J connectivity index is 1.82. The van der Waals surface area contributed by atoms with Crippen molar-refractivity contribution in [2.75, 3.05) is 13.7 Å². The van der Waals surface area contributed by atoms with Gasteiger partial charge in [-0.15, -0.1) is 0 Å².